The highest BCUT2D eigenvalue weighted by molar-refractivity contribution is 5.95. The molecule has 0 saturated carbocycles. The summed E-state index contributed by atoms with van der Waals surface area (Å²) in [6.07, 6.45) is 9.36. The first-order valence-electron chi connectivity index (χ1n) is 9.40. The molecule has 2 N–H and O–H groups in total. The zero-order valence-electron chi connectivity index (χ0n) is 16.0. The van der Waals surface area contributed by atoms with Gasteiger partial charge in [-0.05, 0) is 50.2 Å². The van der Waals surface area contributed by atoms with Gasteiger partial charge in [0.2, 0.25) is 0 Å². The standard InChI is InChI=1S/C22H30O4/c1-5-7-8-9-16-13-18(23)20(21(24)19(16)22(25)26-4)17-12-14(3)10-11-15(17)6-2/h6,12-13,15,17,23-24H,2,5,7-11H2,1,3-4H3/t15-,17-/m1/s1. The number of carbonyl (C=O) groups excluding carboxylic acids is 1. The van der Waals surface area contributed by atoms with E-state index in [1.165, 1.54) is 12.7 Å². The second kappa shape index (κ2) is 8.93. The zero-order chi connectivity index (χ0) is 19.3. The summed E-state index contributed by atoms with van der Waals surface area (Å²) in [5, 5.41) is 21.6. The Morgan fingerprint density at radius 2 is 2.12 bits per heavy atom. The molecule has 0 aliphatic heterocycles. The minimum Gasteiger partial charge on any atom is -0.507 e. The number of phenolic OH excluding ortho intramolecular Hbond substituents is 2. The normalized spacial score (nSPS) is 19.7. The molecule has 142 valence electrons. The fourth-order valence-corrected chi connectivity index (χ4v) is 3.79. The van der Waals surface area contributed by atoms with Crippen LogP contribution in [0.1, 0.15) is 73.4 Å². The maximum absolute atomic E-state index is 12.4. The molecule has 4 nitrogen and oxygen atoms in total. The third-order valence-corrected chi connectivity index (χ3v) is 5.27. The van der Waals surface area contributed by atoms with Crippen molar-refractivity contribution in [2.24, 2.45) is 5.92 Å². The Bertz CT molecular complexity index is 703. The van der Waals surface area contributed by atoms with Crippen molar-refractivity contribution in [3.63, 3.8) is 0 Å². The van der Waals surface area contributed by atoms with Gasteiger partial charge in [-0.3, -0.25) is 0 Å². The summed E-state index contributed by atoms with van der Waals surface area (Å²) in [6.45, 7) is 8.05. The highest BCUT2D eigenvalue weighted by atomic mass is 16.5. The monoisotopic (exact) mass is 358 g/mol. The molecule has 2 atom stereocenters. The second-order valence-electron chi connectivity index (χ2n) is 7.12. The van der Waals surface area contributed by atoms with Gasteiger partial charge in [-0.2, -0.15) is 0 Å². The Balaban J connectivity index is 2.58. The lowest BCUT2D eigenvalue weighted by Gasteiger charge is -2.29. The Hall–Kier alpha value is -2.23. The lowest BCUT2D eigenvalue weighted by Crippen LogP contribution is -2.16. The van der Waals surface area contributed by atoms with Crippen molar-refractivity contribution in [2.75, 3.05) is 7.11 Å². The number of benzene rings is 1. The molecule has 1 aliphatic carbocycles. The van der Waals surface area contributed by atoms with Gasteiger partial charge in [-0.25, -0.2) is 4.79 Å². The molecule has 0 radical (unpaired) electrons. The predicted octanol–water partition coefficient (Wildman–Crippen LogP) is 5.24. The quantitative estimate of drug-likeness (QED) is 0.397. The van der Waals surface area contributed by atoms with Gasteiger partial charge < -0.3 is 14.9 Å². The molecule has 0 heterocycles. The number of phenols is 2. The Kier molecular flexibility index (Phi) is 6.90. The van der Waals surface area contributed by atoms with E-state index in [-0.39, 0.29) is 28.9 Å². The number of aryl methyl sites for hydroxylation is 1. The van der Waals surface area contributed by atoms with Crippen molar-refractivity contribution in [1.29, 1.82) is 0 Å². The lowest BCUT2D eigenvalue weighted by atomic mass is 9.76. The van der Waals surface area contributed by atoms with Gasteiger partial charge in [0, 0.05) is 11.5 Å². The molecule has 26 heavy (non-hydrogen) atoms. The van der Waals surface area contributed by atoms with Crippen molar-refractivity contribution in [1.82, 2.24) is 0 Å². The summed E-state index contributed by atoms with van der Waals surface area (Å²) in [5.74, 6) is -0.793. The largest absolute Gasteiger partial charge is 0.507 e. The average molecular weight is 358 g/mol. The van der Waals surface area contributed by atoms with E-state index in [9.17, 15) is 15.0 Å². The zero-order valence-corrected chi connectivity index (χ0v) is 16.0. The van der Waals surface area contributed by atoms with Gasteiger partial charge in [0.1, 0.15) is 17.1 Å². The topological polar surface area (TPSA) is 66.8 Å². The number of aromatic hydroxyl groups is 2. The van der Waals surface area contributed by atoms with Crippen LogP contribution in [0.4, 0.5) is 0 Å². The van der Waals surface area contributed by atoms with E-state index in [1.54, 1.807) is 6.07 Å². The number of carbonyl (C=O) groups is 1. The summed E-state index contributed by atoms with van der Waals surface area (Å²) >= 11 is 0. The van der Waals surface area contributed by atoms with Gasteiger partial charge >= 0.3 is 5.97 Å². The Morgan fingerprint density at radius 3 is 2.73 bits per heavy atom. The third-order valence-electron chi connectivity index (χ3n) is 5.27. The van der Waals surface area contributed by atoms with E-state index < -0.39 is 5.97 Å². The molecule has 2 rings (SSSR count). The maximum Gasteiger partial charge on any atom is 0.341 e. The SMILES string of the molecule is C=C[C@@H]1CCC(C)=C[C@H]1c1c(O)cc(CCCCC)c(C(=O)OC)c1O. The number of rotatable bonds is 7. The second-order valence-corrected chi connectivity index (χ2v) is 7.12. The summed E-state index contributed by atoms with van der Waals surface area (Å²) in [7, 11) is 1.31. The molecule has 0 spiro atoms. The van der Waals surface area contributed by atoms with E-state index in [0.717, 1.165) is 32.1 Å². The van der Waals surface area contributed by atoms with E-state index in [1.807, 2.05) is 13.0 Å². The van der Waals surface area contributed by atoms with Crippen LogP contribution in [-0.2, 0) is 11.2 Å². The van der Waals surface area contributed by atoms with E-state index >= 15 is 0 Å². The molecule has 1 aromatic carbocycles. The van der Waals surface area contributed by atoms with Crippen LogP contribution < -0.4 is 0 Å². The van der Waals surface area contributed by atoms with E-state index in [4.69, 9.17) is 4.74 Å². The van der Waals surface area contributed by atoms with Crippen molar-refractivity contribution in [3.8, 4) is 11.5 Å². The van der Waals surface area contributed by atoms with Crippen LogP contribution in [0.25, 0.3) is 0 Å². The number of hydrogen-bond donors (Lipinski definition) is 2. The molecule has 0 fully saturated rings. The number of esters is 1. The molecular weight excluding hydrogens is 328 g/mol. The molecule has 0 amide bonds. The summed E-state index contributed by atoms with van der Waals surface area (Å²) in [6, 6.07) is 1.62. The molecule has 0 unspecified atom stereocenters. The van der Waals surface area contributed by atoms with Gasteiger partial charge in [0.05, 0.1) is 7.11 Å². The molecule has 0 aromatic heterocycles. The van der Waals surface area contributed by atoms with Crippen LogP contribution >= 0.6 is 0 Å². The molecule has 0 bridgehead atoms. The fourth-order valence-electron chi connectivity index (χ4n) is 3.79. The van der Waals surface area contributed by atoms with Gasteiger partial charge in [0.15, 0.2) is 0 Å². The van der Waals surface area contributed by atoms with Gasteiger partial charge in [-0.15, -0.1) is 6.58 Å². The lowest BCUT2D eigenvalue weighted by molar-refractivity contribution is 0.0595. The summed E-state index contributed by atoms with van der Waals surface area (Å²) in [4.78, 5) is 12.4. The van der Waals surface area contributed by atoms with Crippen molar-refractivity contribution >= 4 is 5.97 Å². The van der Waals surface area contributed by atoms with Crippen molar-refractivity contribution in [3.05, 3.63) is 47.1 Å². The van der Waals surface area contributed by atoms with Crippen molar-refractivity contribution < 1.29 is 19.7 Å². The Labute approximate surface area is 156 Å². The number of methoxy groups -OCH3 is 1. The first-order valence-corrected chi connectivity index (χ1v) is 9.40. The van der Waals surface area contributed by atoms with Gasteiger partial charge in [0.25, 0.3) is 0 Å². The number of hydrogen-bond acceptors (Lipinski definition) is 4. The minimum atomic E-state index is -0.568. The van der Waals surface area contributed by atoms with Crippen LogP contribution in [0.3, 0.4) is 0 Å². The third kappa shape index (κ3) is 4.12. The average Bonchev–Trinajstić information content (AvgIpc) is 2.61. The molecule has 1 aromatic rings. The van der Waals surface area contributed by atoms with Crippen molar-refractivity contribution in [2.45, 2.75) is 58.3 Å². The molecular formula is C22H30O4. The van der Waals surface area contributed by atoms with E-state index in [0.29, 0.717) is 17.5 Å². The Morgan fingerprint density at radius 1 is 1.38 bits per heavy atom. The van der Waals surface area contributed by atoms with Crippen LogP contribution in [0.2, 0.25) is 0 Å². The molecule has 1 aliphatic rings. The number of unbranched alkanes of at least 4 members (excludes halogenated alkanes) is 2. The van der Waals surface area contributed by atoms with E-state index in [2.05, 4.69) is 19.6 Å². The molecule has 4 heteroatoms. The van der Waals surface area contributed by atoms with Crippen LogP contribution in [0.15, 0.2) is 30.4 Å². The summed E-state index contributed by atoms with van der Waals surface area (Å²) < 4.78 is 4.90. The first kappa shape index (κ1) is 20.1. The highest BCUT2D eigenvalue weighted by Crippen LogP contribution is 2.46. The predicted molar refractivity (Wildman–Crippen MR) is 104 cm³/mol. The number of allylic oxidation sites excluding steroid dienone is 3. The summed E-state index contributed by atoms with van der Waals surface area (Å²) in [5.41, 5.74) is 2.42. The smallest absolute Gasteiger partial charge is 0.341 e. The van der Waals surface area contributed by atoms with Crippen LogP contribution in [0, 0.1) is 5.92 Å². The maximum atomic E-state index is 12.4. The fraction of sp³-hybridized carbons (Fsp3) is 0.500. The minimum absolute atomic E-state index is 0.0319. The number of ether oxygens (including phenoxy) is 1. The van der Waals surface area contributed by atoms with Crippen LogP contribution in [-0.4, -0.2) is 23.3 Å². The van der Waals surface area contributed by atoms with Crippen LogP contribution in [0.5, 0.6) is 11.5 Å². The highest BCUT2D eigenvalue weighted by Gasteiger charge is 2.31. The van der Waals surface area contributed by atoms with Gasteiger partial charge in [-0.1, -0.05) is 37.5 Å². The first-order chi connectivity index (χ1) is 12.4. The molecule has 0 saturated heterocycles.